The number of carbonyl (C=O) groups excluding carboxylic acids is 1. The molecule has 2 aromatic rings. The summed E-state index contributed by atoms with van der Waals surface area (Å²) in [5.41, 5.74) is 0.641. The summed E-state index contributed by atoms with van der Waals surface area (Å²) in [5, 5.41) is 14.6. The minimum Gasteiger partial charge on any atom is -0.339 e. The minimum atomic E-state index is -0.462. The van der Waals surface area contributed by atoms with E-state index in [4.69, 9.17) is 4.52 Å². The van der Waals surface area contributed by atoms with Crippen molar-refractivity contribution in [1.29, 1.82) is 0 Å². The molecule has 1 saturated heterocycles. The van der Waals surface area contributed by atoms with E-state index in [1.165, 1.54) is 12.1 Å². The van der Waals surface area contributed by atoms with E-state index in [1.807, 2.05) is 13.8 Å². The van der Waals surface area contributed by atoms with Crippen LogP contribution < -0.4 is 0 Å². The highest BCUT2D eigenvalue weighted by atomic mass is 16.6. The number of non-ortho nitro benzene ring substituents is 1. The maximum Gasteiger partial charge on any atom is 0.269 e. The maximum absolute atomic E-state index is 11.9. The molecule has 120 valence electrons. The smallest absolute Gasteiger partial charge is 0.269 e. The zero-order chi connectivity index (χ0) is 16.6. The number of benzene rings is 1. The zero-order valence-corrected chi connectivity index (χ0v) is 12.8. The Kier molecular flexibility index (Phi) is 3.81. The van der Waals surface area contributed by atoms with E-state index < -0.39 is 4.92 Å². The van der Waals surface area contributed by atoms with Gasteiger partial charge in [-0.2, -0.15) is 4.98 Å². The first kappa shape index (κ1) is 15.1. The van der Waals surface area contributed by atoms with Crippen LogP contribution in [0.4, 0.5) is 5.69 Å². The first-order valence-corrected chi connectivity index (χ1v) is 7.33. The normalized spacial score (nSPS) is 18.0. The van der Waals surface area contributed by atoms with Gasteiger partial charge in [0.15, 0.2) is 0 Å². The number of carbonyl (C=O) groups is 1. The van der Waals surface area contributed by atoms with Gasteiger partial charge in [-0.05, 0) is 26.0 Å². The molecule has 1 aromatic heterocycles. The fourth-order valence-corrected chi connectivity index (χ4v) is 2.65. The molecule has 0 bridgehead atoms. The van der Waals surface area contributed by atoms with Gasteiger partial charge < -0.3 is 9.42 Å². The second-order valence-electron chi connectivity index (χ2n) is 5.80. The lowest BCUT2D eigenvalue weighted by molar-refractivity contribution is -0.384. The second kappa shape index (κ2) is 5.79. The van der Waals surface area contributed by atoms with Gasteiger partial charge in [0.25, 0.3) is 5.69 Å². The van der Waals surface area contributed by atoms with E-state index in [-0.39, 0.29) is 23.6 Å². The van der Waals surface area contributed by atoms with Gasteiger partial charge in [-0.25, -0.2) is 0 Å². The van der Waals surface area contributed by atoms with Crippen molar-refractivity contribution in [2.75, 3.05) is 6.54 Å². The van der Waals surface area contributed by atoms with Gasteiger partial charge >= 0.3 is 0 Å². The van der Waals surface area contributed by atoms with Crippen LogP contribution in [-0.4, -0.2) is 38.5 Å². The van der Waals surface area contributed by atoms with Crippen LogP contribution in [-0.2, 0) is 4.79 Å². The molecule has 1 aromatic carbocycles. The molecule has 0 spiro atoms. The second-order valence-corrected chi connectivity index (χ2v) is 5.80. The van der Waals surface area contributed by atoms with Crippen LogP contribution in [0.2, 0.25) is 0 Å². The Bertz CT molecular complexity index is 738. The van der Waals surface area contributed by atoms with E-state index >= 15 is 0 Å². The molecule has 1 fully saturated rings. The molecule has 0 N–H and O–H groups in total. The summed E-state index contributed by atoms with van der Waals surface area (Å²) in [5.74, 6) is 0.768. The lowest BCUT2D eigenvalue weighted by atomic mass is 10.1. The number of rotatable bonds is 4. The van der Waals surface area contributed by atoms with Crippen molar-refractivity contribution in [3.05, 3.63) is 40.3 Å². The van der Waals surface area contributed by atoms with Crippen LogP contribution in [0.3, 0.4) is 0 Å². The molecule has 8 heteroatoms. The minimum absolute atomic E-state index is 0.00596. The number of hydrogen-bond donors (Lipinski definition) is 0. The van der Waals surface area contributed by atoms with Crippen LogP contribution in [0, 0.1) is 10.1 Å². The third-order valence-corrected chi connectivity index (χ3v) is 3.91. The zero-order valence-electron chi connectivity index (χ0n) is 12.8. The van der Waals surface area contributed by atoms with Crippen molar-refractivity contribution < 1.29 is 14.2 Å². The van der Waals surface area contributed by atoms with Gasteiger partial charge in [-0.15, -0.1) is 0 Å². The third-order valence-electron chi connectivity index (χ3n) is 3.91. The molecule has 1 aliphatic heterocycles. The number of amides is 1. The molecule has 23 heavy (non-hydrogen) atoms. The fraction of sp³-hybridized carbons (Fsp3) is 0.400. The molecule has 0 radical (unpaired) electrons. The van der Waals surface area contributed by atoms with Gasteiger partial charge in [0, 0.05) is 36.7 Å². The van der Waals surface area contributed by atoms with Crippen molar-refractivity contribution in [2.24, 2.45) is 0 Å². The van der Waals surface area contributed by atoms with E-state index in [2.05, 4.69) is 10.1 Å². The molecule has 1 amide bonds. The first-order valence-electron chi connectivity index (χ1n) is 7.33. The molecule has 8 nitrogen and oxygen atoms in total. The first-order chi connectivity index (χ1) is 11.0. The summed E-state index contributed by atoms with van der Waals surface area (Å²) in [6.07, 6.45) is 0.361. The van der Waals surface area contributed by atoms with Gasteiger partial charge in [0.2, 0.25) is 17.6 Å². The lowest BCUT2D eigenvalue weighted by Crippen LogP contribution is -2.31. The number of nitro groups is 1. The highest BCUT2D eigenvalue weighted by molar-refractivity contribution is 5.79. The highest BCUT2D eigenvalue weighted by Gasteiger charge is 2.35. The number of nitro benzene ring substituents is 1. The van der Waals surface area contributed by atoms with Crippen molar-refractivity contribution in [1.82, 2.24) is 15.0 Å². The van der Waals surface area contributed by atoms with Gasteiger partial charge in [-0.1, -0.05) is 5.16 Å². The van der Waals surface area contributed by atoms with Crippen LogP contribution in [0.25, 0.3) is 11.4 Å². The highest BCUT2D eigenvalue weighted by Crippen LogP contribution is 2.30. The summed E-state index contributed by atoms with van der Waals surface area (Å²) in [6.45, 7) is 4.51. The number of aromatic nitrogens is 2. The maximum atomic E-state index is 11.9. The molecule has 3 rings (SSSR count). The Morgan fingerprint density at radius 1 is 1.35 bits per heavy atom. The molecule has 0 saturated carbocycles. The van der Waals surface area contributed by atoms with Gasteiger partial charge in [-0.3, -0.25) is 14.9 Å². The van der Waals surface area contributed by atoms with Crippen LogP contribution in [0.5, 0.6) is 0 Å². The Morgan fingerprint density at radius 3 is 2.61 bits per heavy atom. The fourth-order valence-electron chi connectivity index (χ4n) is 2.65. The molecule has 1 unspecified atom stereocenters. The summed E-state index contributed by atoms with van der Waals surface area (Å²) >= 11 is 0. The standard InChI is InChI=1S/C15H16N4O4/c1-9(2)18-8-11(7-13(18)20)15-16-14(17-23-15)10-3-5-12(6-4-10)19(21)22/h3-6,9,11H,7-8H2,1-2H3. The SMILES string of the molecule is CC(C)N1CC(c2nc(-c3ccc([N+](=O)[O-])cc3)no2)CC1=O. The van der Waals surface area contributed by atoms with Crippen LogP contribution in [0.1, 0.15) is 32.1 Å². The quantitative estimate of drug-likeness (QED) is 0.633. The third kappa shape index (κ3) is 2.92. The number of hydrogen-bond acceptors (Lipinski definition) is 6. The van der Waals surface area contributed by atoms with Crippen molar-refractivity contribution >= 4 is 11.6 Å². The van der Waals surface area contributed by atoms with Gasteiger partial charge in [0.05, 0.1) is 10.8 Å². The molecule has 2 heterocycles. The van der Waals surface area contributed by atoms with Crippen molar-refractivity contribution in [2.45, 2.75) is 32.2 Å². The van der Waals surface area contributed by atoms with Gasteiger partial charge in [0.1, 0.15) is 0 Å². The van der Waals surface area contributed by atoms with E-state index in [9.17, 15) is 14.9 Å². The number of nitrogens with zero attached hydrogens (tertiary/aromatic N) is 4. The van der Waals surface area contributed by atoms with E-state index in [0.717, 1.165) is 0 Å². The topological polar surface area (TPSA) is 102 Å². The largest absolute Gasteiger partial charge is 0.339 e. The van der Waals surface area contributed by atoms with Crippen molar-refractivity contribution in [3.8, 4) is 11.4 Å². The summed E-state index contributed by atoms with van der Waals surface area (Å²) in [7, 11) is 0. The van der Waals surface area contributed by atoms with Crippen LogP contribution in [0.15, 0.2) is 28.8 Å². The summed E-state index contributed by atoms with van der Waals surface area (Å²) in [6, 6.07) is 6.08. The molecule has 0 aliphatic carbocycles. The monoisotopic (exact) mass is 316 g/mol. The average molecular weight is 316 g/mol. The predicted molar refractivity (Wildman–Crippen MR) is 80.6 cm³/mol. The molecule has 1 aliphatic rings. The Balaban J connectivity index is 1.78. The Morgan fingerprint density at radius 2 is 2.04 bits per heavy atom. The molecular weight excluding hydrogens is 300 g/mol. The Labute approximate surface area is 132 Å². The van der Waals surface area contributed by atoms with E-state index in [0.29, 0.717) is 30.2 Å². The lowest BCUT2D eigenvalue weighted by Gasteiger charge is -2.20. The Hall–Kier alpha value is -2.77. The predicted octanol–water partition coefficient (Wildman–Crippen LogP) is 2.37. The number of likely N-dealkylation sites (tertiary alicyclic amines) is 1. The van der Waals surface area contributed by atoms with Crippen molar-refractivity contribution in [3.63, 3.8) is 0 Å². The van der Waals surface area contributed by atoms with E-state index in [1.54, 1.807) is 17.0 Å². The molecule has 1 atom stereocenters. The van der Waals surface area contributed by atoms with Crippen LogP contribution >= 0.6 is 0 Å². The average Bonchev–Trinajstić information content (AvgIpc) is 3.13. The summed E-state index contributed by atoms with van der Waals surface area (Å²) < 4.78 is 5.28. The summed E-state index contributed by atoms with van der Waals surface area (Å²) in [4.78, 5) is 28.3. The molecular formula is C15H16N4O4.